The van der Waals surface area contributed by atoms with E-state index in [-0.39, 0.29) is 6.42 Å². The highest BCUT2D eigenvalue weighted by molar-refractivity contribution is 5.87. The number of nitrogens with zero attached hydrogens (tertiary/aromatic N) is 1. The van der Waals surface area contributed by atoms with Crippen LogP contribution in [-0.2, 0) is 4.79 Å². The summed E-state index contributed by atoms with van der Waals surface area (Å²) in [7, 11) is 0. The third-order valence-corrected chi connectivity index (χ3v) is 0.724. The lowest BCUT2D eigenvalue weighted by Gasteiger charge is -2.02. The quantitative estimate of drug-likeness (QED) is 0.368. The number of amides is 1. The molecule has 0 radical (unpaired) electrons. The summed E-state index contributed by atoms with van der Waals surface area (Å²) in [5, 5.41) is 12.6. The first-order chi connectivity index (χ1) is 3.30. The molecular weight excluding hydrogens is 96.0 g/mol. The third-order valence-electron chi connectivity index (χ3n) is 0.724. The van der Waals surface area contributed by atoms with Crippen LogP contribution in [-0.4, -0.2) is 12.1 Å². The van der Waals surface area contributed by atoms with Crippen LogP contribution in [0.2, 0.25) is 0 Å². The highest BCUT2D eigenvalue weighted by Crippen LogP contribution is 1.73. The van der Waals surface area contributed by atoms with Gasteiger partial charge in [0.25, 0.3) is 0 Å². The van der Waals surface area contributed by atoms with Gasteiger partial charge in [-0.05, 0) is 0 Å². The van der Waals surface area contributed by atoms with Crippen LogP contribution in [0.5, 0.6) is 0 Å². The number of rotatable bonds is 0. The second kappa shape index (κ2) is 1.40. The number of nitrogens with one attached hydrogen (secondary N) is 1. The smallest absolute Gasteiger partial charge is 0.343 e. The molecule has 1 unspecified atom stereocenters. The van der Waals surface area contributed by atoms with Crippen LogP contribution in [0.4, 0.5) is 0 Å². The van der Waals surface area contributed by atoms with Crippen LogP contribution in [0.1, 0.15) is 6.42 Å². The summed E-state index contributed by atoms with van der Waals surface area (Å²) in [5.41, 5.74) is 0. The van der Waals surface area contributed by atoms with Gasteiger partial charge in [-0.1, -0.05) is 5.10 Å². The van der Waals surface area contributed by atoms with Gasteiger partial charge in [0.15, 0.2) is 0 Å². The summed E-state index contributed by atoms with van der Waals surface area (Å²) in [5.74, 6) is -0.403. The molecule has 1 N–H and O–H groups in total. The van der Waals surface area contributed by atoms with Crippen LogP contribution in [0.3, 0.4) is 0 Å². The van der Waals surface area contributed by atoms with Gasteiger partial charge in [0.05, 0.1) is 6.21 Å². The van der Waals surface area contributed by atoms with Gasteiger partial charge in [0, 0.05) is 0 Å². The molecule has 0 bridgehead atoms. The number of carbonyl (C=O) groups is 1. The van der Waals surface area contributed by atoms with Crippen LogP contribution >= 0.6 is 0 Å². The van der Waals surface area contributed by atoms with E-state index >= 15 is 0 Å². The van der Waals surface area contributed by atoms with Crippen LogP contribution in [0.25, 0.3) is 0 Å². The largest absolute Gasteiger partial charge is 0.599 e. The van der Waals surface area contributed by atoms with Crippen molar-refractivity contribution in [3.05, 3.63) is 5.21 Å². The molecule has 1 amide bonds. The van der Waals surface area contributed by atoms with Crippen molar-refractivity contribution >= 4 is 12.1 Å². The van der Waals surface area contributed by atoms with Crippen molar-refractivity contribution in [3.63, 3.8) is 0 Å². The minimum Gasteiger partial charge on any atom is -0.599 e. The Balaban J connectivity index is 2.62. The van der Waals surface area contributed by atoms with E-state index in [4.69, 9.17) is 0 Å². The number of hydrogen-bond donors (Lipinski definition) is 1. The Kier molecular flexibility index (Phi) is 0.883. The van der Waals surface area contributed by atoms with Gasteiger partial charge >= 0.3 is 5.91 Å². The van der Waals surface area contributed by atoms with Crippen LogP contribution in [0, 0.1) is 5.21 Å². The minimum absolute atomic E-state index is 0.193. The van der Waals surface area contributed by atoms with Gasteiger partial charge in [-0.15, -0.1) is 0 Å². The summed E-state index contributed by atoms with van der Waals surface area (Å²) in [4.78, 5) is 10.1. The van der Waals surface area contributed by atoms with Crippen LogP contribution in [0.15, 0.2) is 5.10 Å². The topological polar surface area (TPSA) is 56.9 Å². The monoisotopic (exact) mass is 100 g/mol. The minimum atomic E-state index is -0.611. The molecule has 0 aromatic heterocycles. The summed E-state index contributed by atoms with van der Waals surface area (Å²) < 4.78 is 0. The first-order valence-corrected chi connectivity index (χ1v) is 1.90. The fraction of sp³-hybridized carbons (Fsp3) is 0.333. The van der Waals surface area contributed by atoms with Gasteiger partial charge in [0.1, 0.15) is 6.42 Å². The number of hydrogen-bond acceptors (Lipinski definition) is 3. The lowest BCUT2D eigenvalue weighted by Crippen LogP contribution is -3.03. The molecule has 4 heteroatoms. The molecule has 0 saturated carbocycles. The normalized spacial score (nSPS) is 29.3. The molecule has 1 heterocycles. The Labute approximate surface area is 40.0 Å². The SMILES string of the molecule is O=C1CC=N[NH+]1[O-]. The van der Waals surface area contributed by atoms with E-state index in [0.29, 0.717) is 0 Å². The van der Waals surface area contributed by atoms with E-state index in [1.807, 2.05) is 0 Å². The molecular formula is C3H4N2O2. The zero-order valence-electron chi connectivity index (χ0n) is 3.55. The maximum atomic E-state index is 10.1. The van der Waals surface area contributed by atoms with Gasteiger partial charge in [-0.2, -0.15) is 5.17 Å². The second-order valence-electron chi connectivity index (χ2n) is 1.24. The molecule has 0 aromatic carbocycles. The molecule has 1 aliphatic heterocycles. The molecule has 0 aliphatic carbocycles. The van der Waals surface area contributed by atoms with Gasteiger partial charge in [0.2, 0.25) is 0 Å². The van der Waals surface area contributed by atoms with Crippen molar-refractivity contribution in [3.8, 4) is 0 Å². The molecule has 0 aromatic rings. The molecule has 0 fully saturated rings. The summed E-state index contributed by atoms with van der Waals surface area (Å²) in [6.45, 7) is 0. The summed E-state index contributed by atoms with van der Waals surface area (Å²) in [6, 6.07) is 0. The zero-order chi connectivity index (χ0) is 5.28. The fourth-order valence-corrected chi connectivity index (χ4v) is 0.371. The molecule has 1 aliphatic rings. The molecule has 7 heavy (non-hydrogen) atoms. The third kappa shape index (κ3) is 0.652. The molecule has 1 rings (SSSR count). The van der Waals surface area contributed by atoms with E-state index < -0.39 is 11.1 Å². The fourth-order valence-electron chi connectivity index (χ4n) is 0.371. The summed E-state index contributed by atoms with van der Waals surface area (Å²) in [6.07, 6.45) is 1.52. The standard InChI is InChI=1S/C3H4N2O2/c6-3-1-2-4-5(3)7/h2,5H,1H2. The average Bonchev–Trinajstić information content (AvgIpc) is 1.91. The predicted octanol–water partition coefficient (Wildman–Crippen LogP) is -1.71. The second-order valence-corrected chi connectivity index (χ2v) is 1.24. The lowest BCUT2D eigenvalue weighted by molar-refractivity contribution is -0.767. The Morgan fingerprint density at radius 3 is 2.86 bits per heavy atom. The molecule has 0 saturated heterocycles. The van der Waals surface area contributed by atoms with Crippen molar-refractivity contribution in [2.24, 2.45) is 5.10 Å². The van der Waals surface area contributed by atoms with Gasteiger partial charge in [-0.25, -0.2) is 4.79 Å². The lowest BCUT2D eigenvalue weighted by atomic mass is 10.5. The van der Waals surface area contributed by atoms with Crippen molar-refractivity contribution in [1.82, 2.24) is 0 Å². The van der Waals surface area contributed by atoms with Crippen molar-refractivity contribution in [2.45, 2.75) is 6.42 Å². The molecule has 1 atom stereocenters. The van der Waals surface area contributed by atoms with E-state index in [9.17, 15) is 10.0 Å². The summed E-state index contributed by atoms with van der Waals surface area (Å²) >= 11 is 0. The Morgan fingerprint density at radius 1 is 2.00 bits per heavy atom. The average molecular weight is 100 g/mol. The van der Waals surface area contributed by atoms with Crippen molar-refractivity contribution < 1.29 is 9.97 Å². The predicted molar refractivity (Wildman–Crippen MR) is 22.4 cm³/mol. The highest BCUT2D eigenvalue weighted by atomic mass is 16.5. The van der Waals surface area contributed by atoms with Crippen molar-refractivity contribution in [1.29, 1.82) is 0 Å². The van der Waals surface area contributed by atoms with E-state index in [1.165, 1.54) is 6.21 Å². The van der Waals surface area contributed by atoms with Gasteiger partial charge < -0.3 is 5.21 Å². The van der Waals surface area contributed by atoms with E-state index in [0.717, 1.165) is 0 Å². The Bertz CT molecular complexity index is 120. The molecule has 4 nitrogen and oxygen atoms in total. The number of quaternary nitrogens is 1. The Morgan fingerprint density at radius 2 is 2.71 bits per heavy atom. The number of carbonyl (C=O) groups excluding carboxylic acids is 1. The number of hydroxylamine groups is 1. The first kappa shape index (κ1) is 4.42. The Hall–Kier alpha value is -0.740. The van der Waals surface area contributed by atoms with E-state index in [1.54, 1.807) is 0 Å². The zero-order valence-corrected chi connectivity index (χ0v) is 3.55. The maximum Gasteiger partial charge on any atom is 0.343 e. The van der Waals surface area contributed by atoms with Crippen LogP contribution < -0.4 is 5.17 Å². The molecule has 38 valence electrons. The maximum absolute atomic E-state index is 10.1. The van der Waals surface area contributed by atoms with E-state index in [2.05, 4.69) is 5.10 Å². The van der Waals surface area contributed by atoms with Gasteiger partial charge in [-0.3, -0.25) is 0 Å². The first-order valence-electron chi connectivity index (χ1n) is 1.90. The molecule has 0 spiro atoms. The van der Waals surface area contributed by atoms with Crippen molar-refractivity contribution in [2.75, 3.05) is 0 Å². The highest BCUT2D eigenvalue weighted by Gasteiger charge is 2.13.